The van der Waals surface area contributed by atoms with E-state index in [0.717, 1.165) is 24.1 Å². The van der Waals surface area contributed by atoms with Crippen LogP contribution < -0.4 is 5.32 Å². The summed E-state index contributed by atoms with van der Waals surface area (Å²) in [5.41, 5.74) is 1.78. The van der Waals surface area contributed by atoms with Crippen LogP contribution in [0.1, 0.15) is 24.5 Å². The molecule has 2 aromatic rings. The van der Waals surface area contributed by atoms with Gasteiger partial charge in [-0.3, -0.25) is 4.79 Å². The molecule has 1 aliphatic rings. The Kier molecular flexibility index (Phi) is 5.66. The summed E-state index contributed by atoms with van der Waals surface area (Å²) in [6.45, 7) is 1.37. The Bertz CT molecular complexity index is 683. The van der Waals surface area contributed by atoms with E-state index in [9.17, 15) is 9.18 Å². The van der Waals surface area contributed by atoms with Crippen LogP contribution in [0, 0.1) is 5.82 Å². The summed E-state index contributed by atoms with van der Waals surface area (Å²) in [6.07, 6.45) is 1.16. The van der Waals surface area contributed by atoms with Crippen molar-refractivity contribution >= 4 is 11.6 Å². The van der Waals surface area contributed by atoms with E-state index in [1.165, 1.54) is 12.1 Å². The average molecular weight is 342 g/mol. The Morgan fingerprint density at radius 2 is 1.76 bits per heavy atom. The number of likely N-dealkylation sites (tertiary alicyclic amines) is 1. The van der Waals surface area contributed by atoms with E-state index in [-0.39, 0.29) is 17.8 Å². The molecule has 1 fully saturated rings. The van der Waals surface area contributed by atoms with E-state index < -0.39 is 6.10 Å². The Hall–Kier alpha value is -2.40. The zero-order valence-electron chi connectivity index (χ0n) is 14.3. The summed E-state index contributed by atoms with van der Waals surface area (Å²) >= 11 is 0. The predicted molar refractivity (Wildman–Crippen MR) is 95.8 cm³/mol. The third-order valence-electron chi connectivity index (χ3n) is 4.58. The molecule has 3 rings (SSSR count). The predicted octanol–water partition coefficient (Wildman–Crippen LogP) is 3.62. The van der Waals surface area contributed by atoms with Crippen LogP contribution in [0.5, 0.6) is 0 Å². The Balaban J connectivity index is 1.56. The Morgan fingerprint density at radius 1 is 1.12 bits per heavy atom. The van der Waals surface area contributed by atoms with Crippen LogP contribution in [0.2, 0.25) is 0 Å². The first kappa shape index (κ1) is 17.4. The van der Waals surface area contributed by atoms with Gasteiger partial charge in [-0.2, -0.15) is 0 Å². The van der Waals surface area contributed by atoms with E-state index in [0.29, 0.717) is 13.1 Å². The van der Waals surface area contributed by atoms with Crippen LogP contribution in [0.4, 0.5) is 10.1 Å². The lowest BCUT2D eigenvalue weighted by molar-refractivity contribution is -0.143. The highest BCUT2D eigenvalue weighted by atomic mass is 19.1. The zero-order chi connectivity index (χ0) is 17.6. The van der Waals surface area contributed by atoms with Crippen molar-refractivity contribution in [1.29, 1.82) is 0 Å². The summed E-state index contributed by atoms with van der Waals surface area (Å²) in [7, 11) is 1.57. The van der Waals surface area contributed by atoms with Gasteiger partial charge in [0.1, 0.15) is 5.82 Å². The summed E-state index contributed by atoms with van der Waals surface area (Å²) in [5, 5.41) is 3.41. The van der Waals surface area contributed by atoms with E-state index in [2.05, 4.69) is 5.32 Å². The highest BCUT2D eigenvalue weighted by molar-refractivity contribution is 5.82. The zero-order valence-corrected chi connectivity index (χ0v) is 14.3. The van der Waals surface area contributed by atoms with E-state index in [4.69, 9.17) is 4.74 Å². The number of hydrogen-bond acceptors (Lipinski definition) is 3. The molecule has 1 amide bonds. The molecule has 0 aromatic heterocycles. The number of ether oxygens (including phenoxy) is 1. The number of hydrogen-bond donors (Lipinski definition) is 1. The number of halogens is 1. The number of rotatable bonds is 5. The molecule has 5 heteroatoms. The average Bonchev–Trinajstić information content (AvgIpc) is 2.66. The number of amides is 1. The second-order valence-corrected chi connectivity index (χ2v) is 6.28. The number of benzene rings is 2. The topological polar surface area (TPSA) is 41.6 Å². The smallest absolute Gasteiger partial charge is 0.256 e. The molecule has 2 aromatic carbocycles. The second-order valence-electron chi connectivity index (χ2n) is 6.28. The number of nitrogens with one attached hydrogen (secondary N) is 1. The highest BCUT2D eigenvalue weighted by Crippen LogP contribution is 2.23. The molecule has 0 spiro atoms. The fraction of sp³-hybridized carbons (Fsp3) is 0.350. The lowest BCUT2D eigenvalue weighted by Crippen LogP contribution is -2.44. The summed E-state index contributed by atoms with van der Waals surface area (Å²) in [6, 6.07) is 16.2. The van der Waals surface area contributed by atoms with Crippen molar-refractivity contribution in [3.05, 3.63) is 66.0 Å². The number of nitrogens with zero attached hydrogens (tertiary/aromatic N) is 1. The molecule has 1 aliphatic heterocycles. The molecule has 132 valence electrons. The standard InChI is InChI=1S/C20H23FN2O2/c1-25-19(15-5-3-2-4-6-15)20(24)23-13-11-18(12-14-23)22-17-9-7-16(21)8-10-17/h2-10,18-19,22H,11-14H2,1H3. The maximum absolute atomic E-state index is 13.0. The van der Waals surface area contributed by atoms with Crippen LogP contribution in [-0.2, 0) is 9.53 Å². The molecule has 1 N–H and O–H groups in total. The number of anilines is 1. The van der Waals surface area contributed by atoms with Gasteiger partial charge in [-0.1, -0.05) is 30.3 Å². The number of carbonyl (C=O) groups excluding carboxylic acids is 1. The highest BCUT2D eigenvalue weighted by Gasteiger charge is 2.29. The Morgan fingerprint density at radius 3 is 2.36 bits per heavy atom. The van der Waals surface area contributed by atoms with Crippen molar-refractivity contribution in [2.45, 2.75) is 25.0 Å². The molecular weight excluding hydrogens is 319 g/mol. The van der Waals surface area contributed by atoms with Crippen molar-refractivity contribution in [3.8, 4) is 0 Å². The third kappa shape index (κ3) is 4.37. The number of piperidine rings is 1. The quantitative estimate of drug-likeness (QED) is 0.902. The van der Waals surface area contributed by atoms with Crippen LogP contribution in [0.25, 0.3) is 0 Å². The summed E-state index contributed by atoms with van der Waals surface area (Å²) in [5.74, 6) is -0.230. The Labute approximate surface area is 147 Å². The van der Waals surface area contributed by atoms with Crippen molar-refractivity contribution in [3.63, 3.8) is 0 Å². The van der Waals surface area contributed by atoms with Crippen LogP contribution in [0.3, 0.4) is 0 Å². The minimum Gasteiger partial charge on any atom is -0.382 e. The fourth-order valence-electron chi connectivity index (χ4n) is 3.20. The second kappa shape index (κ2) is 8.12. The van der Waals surface area contributed by atoms with E-state index >= 15 is 0 Å². The van der Waals surface area contributed by atoms with Crippen molar-refractivity contribution < 1.29 is 13.9 Å². The van der Waals surface area contributed by atoms with Crippen molar-refractivity contribution in [1.82, 2.24) is 4.90 Å². The molecule has 1 saturated heterocycles. The molecule has 1 unspecified atom stereocenters. The molecule has 1 atom stereocenters. The fourth-order valence-corrected chi connectivity index (χ4v) is 3.20. The van der Waals surface area contributed by atoms with Gasteiger partial charge in [-0.15, -0.1) is 0 Å². The largest absolute Gasteiger partial charge is 0.382 e. The van der Waals surface area contributed by atoms with Gasteiger partial charge >= 0.3 is 0 Å². The monoisotopic (exact) mass is 342 g/mol. The molecule has 0 aliphatic carbocycles. The van der Waals surface area contributed by atoms with Gasteiger partial charge in [0.25, 0.3) is 5.91 Å². The molecule has 1 heterocycles. The number of carbonyl (C=O) groups is 1. The van der Waals surface area contributed by atoms with E-state index in [1.54, 1.807) is 19.2 Å². The summed E-state index contributed by atoms with van der Waals surface area (Å²) < 4.78 is 18.4. The minimum atomic E-state index is -0.553. The normalized spacial score (nSPS) is 16.5. The molecule has 0 bridgehead atoms. The van der Waals surface area contributed by atoms with Gasteiger partial charge in [0, 0.05) is 31.9 Å². The van der Waals surface area contributed by atoms with Crippen LogP contribution in [0.15, 0.2) is 54.6 Å². The van der Waals surface area contributed by atoms with Gasteiger partial charge in [-0.25, -0.2) is 4.39 Å². The van der Waals surface area contributed by atoms with Crippen molar-refractivity contribution in [2.24, 2.45) is 0 Å². The SMILES string of the molecule is COC(C(=O)N1CCC(Nc2ccc(F)cc2)CC1)c1ccccc1. The summed E-state index contributed by atoms with van der Waals surface area (Å²) in [4.78, 5) is 14.6. The first-order valence-electron chi connectivity index (χ1n) is 8.56. The molecule has 25 heavy (non-hydrogen) atoms. The van der Waals surface area contributed by atoms with Gasteiger partial charge in [0.05, 0.1) is 0 Å². The first-order chi connectivity index (χ1) is 12.2. The van der Waals surface area contributed by atoms with Gasteiger partial charge in [-0.05, 0) is 42.7 Å². The van der Waals surface area contributed by atoms with E-state index in [1.807, 2.05) is 35.2 Å². The maximum Gasteiger partial charge on any atom is 0.256 e. The molecule has 0 saturated carbocycles. The van der Waals surface area contributed by atoms with Crippen molar-refractivity contribution in [2.75, 3.05) is 25.5 Å². The van der Waals surface area contributed by atoms with Crippen LogP contribution >= 0.6 is 0 Å². The maximum atomic E-state index is 13.0. The first-order valence-corrected chi connectivity index (χ1v) is 8.56. The lowest BCUT2D eigenvalue weighted by atomic mass is 10.0. The molecule has 4 nitrogen and oxygen atoms in total. The van der Waals surface area contributed by atoms with Gasteiger partial charge in [0.15, 0.2) is 6.10 Å². The minimum absolute atomic E-state index is 0.00827. The van der Waals surface area contributed by atoms with Crippen LogP contribution in [-0.4, -0.2) is 37.0 Å². The molecular formula is C20H23FN2O2. The van der Waals surface area contributed by atoms with Gasteiger partial charge in [0.2, 0.25) is 0 Å². The van der Waals surface area contributed by atoms with Gasteiger partial charge < -0.3 is 15.0 Å². The molecule has 0 radical (unpaired) electrons. The third-order valence-corrected chi connectivity index (χ3v) is 4.58. The lowest BCUT2D eigenvalue weighted by Gasteiger charge is -2.34. The number of methoxy groups -OCH3 is 1.